The van der Waals surface area contributed by atoms with Gasteiger partial charge in [0.05, 0.1) is 0 Å². The van der Waals surface area contributed by atoms with Gasteiger partial charge in [-0.3, -0.25) is 0 Å². The highest BCUT2D eigenvalue weighted by Gasteiger charge is 2.42. The molecular formula is C74H58N2. The van der Waals surface area contributed by atoms with Crippen LogP contribution < -0.4 is 9.80 Å². The Morgan fingerprint density at radius 2 is 0.592 bits per heavy atom. The van der Waals surface area contributed by atoms with Gasteiger partial charge in [0.1, 0.15) is 0 Å². The van der Waals surface area contributed by atoms with Crippen molar-refractivity contribution in [3.8, 4) is 44.5 Å². The van der Waals surface area contributed by atoms with E-state index in [1.807, 2.05) is 0 Å². The lowest BCUT2D eigenvalue weighted by Crippen LogP contribution is -2.17. The minimum Gasteiger partial charge on any atom is -0.310 e. The van der Waals surface area contributed by atoms with Crippen LogP contribution in [0.5, 0.6) is 0 Å². The van der Waals surface area contributed by atoms with E-state index in [2.05, 4.69) is 294 Å². The predicted octanol–water partition coefficient (Wildman–Crippen LogP) is 20.6. The second-order valence-electron chi connectivity index (χ2n) is 22.3. The molecule has 76 heavy (non-hydrogen) atoms. The van der Waals surface area contributed by atoms with Crippen LogP contribution in [0.1, 0.15) is 61.1 Å². The zero-order valence-electron chi connectivity index (χ0n) is 44.0. The van der Waals surface area contributed by atoms with Gasteiger partial charge in [0, 0.05) is 45.0 Å². The Kier molecular flexibility index (Phi) is 10.4. The molecule has 0 amide bonds. The van der Waals surface area contributed by atoms with Gasteiger partial charge in [-0.15, -0.1) is 0 Å². The third-order valence-electron chi connectivity index (χ3n) is 16.9. The topological polar surface area (TPSA) is 6.48 Å². The van der Waals surface area contributed by atoms with Crippen LogP contribution in [0, 0.1) is 13.8 Å². The molecule has 0 radical (unpaired) electrons. The second-order valence-corrected chi connectivity index (χ2v) is 22.3. The highest BCUT2D eigenvalue weighted by molar-refractivity contribution is 6.17. The molecule has 2 nitrogen and oxygen atoms in total. The van der Waals surface area contributed by atoms with Crippen molar-refractivity contribution >= 4 is 66.4 Å². The van der Waals surface area contributed by atoms with Gasteiger partial charge in [-0.2, -0.15) is 0 Å². The first-order valence-corrected chi connectivity index (χ1v) is 26.8. The van der Waals surface area contributed by atoms with Gasteiger partial charge in [-0.25, -0.2) is 0 Å². The quantitative estimate of drug-likeness (QED) is 0.150. The largest absolute Gasteiger partial charge is 0.310 e. The lowest BCUT2D eigenvalue weighted by molar-refractivity contribution is 0.660. The lowest BCUT2D eigenvalue weighted by Gasteiger charge is -2.29. The summed E-state index contributed by atoms with van der Waals surface area (Å²) in [6.07, 6.45) is 0. The molecule has 0 spiro atoms. The Morgan fingerprint density at radius 1 is 0.263 bits per heavy atom. The SMILES string of the molecule is Cc1ccc(N(c2ccc3c(c2)C(C)(C)c2cc4c(-c5ccccc5)c5c(cc4c(-c4ccccc4)c2-3)C(C)(C)c2cc(N(c3ccc(C)cc3)c3ccc4ccccc4c3)ccc2-5)c2ccc3ccccc3c2)cc1. The summed E-state index contributed by atoms with van der Waals surface area (Å²) in [5, 5.41) is 7.49. The molecule has 0 atom stereocenters. The summed E-state index contributed by atoms with van der Waals surface area (Å²) < 4.78 is 0. The molecule has 0 saturated heterocycles. The van der Waals surface area contributed by atoms with Gasteiger partial charge in [0.2, 0.25) is 0 Å². The molecule has 2 aliphatic rings. The Bertz CT molecular complexity index is 4000. The smallest absolute Gasteiger partial charge is 0.0468 e. The van der Waals surface area contributed by atoms with E-state index < -0.39 is 0 Å². The fraction of sp³-hybridized carbons (Fsp3) is 0.108. The molecule has 0 heterocycles. The van der Waals surface area contributed by atoms with Gasteiger partial charge in [-0.1, -0.05) is 197 Å². The average Bonchev–Trinajstić information content (AvgIpc) is 4.06. The van der Waals surface area contributed by atoms with E-state index in [1.54, 1.807) is 0 Å². The molecule has 12 aromatic carbocycles. The minimum atomic E-state index is -0.331. The Hall–Kier alpha value is -8.98. The summed E-state index contributed by atoms with van der Waals surface area (Å²) in [7, 11) is 0. The van der Waals surface area contributed by atoms with E-state index in [1.165, 1.54) is 110 Å². The van der Waals surface area contributed by atoms with Crippen molar-refractivity contribution in [3.63, 3.8) is 0 Å². The third kappa shape index (κ3) is 7.15. The highest BCUT2D eigenvalue weighted by atomic mass is 15.1. The van der Waals surface area contributed by atoms with Gasteiger partial charge in [0.15, 0.2) is 0 Å². The van der Waals surface area contributed by atoms with Crippen LogP contribution >= 0.6 is 0 Å². The first kappa shape index (κ1) is 45.6. The number of nitrogens with zero attached hydrogens (tertiary/aromatic N) is 2. The molecule has 0 fully saturated rings. The standard InChI is InChI=1S/C74H58N2/c1-47-25-31-55(32-26-47)75(57-35-29-49-17-13-15-23-53(49)41-57)59-37-39-61-65(43-59)73(3,4)67-45-63-64(69(71(61)67)51-19-9-7-10-20-51)46-68-72(70(63)52-21-11-8-12-22-52)62-40-38-60(44-66(62)74(68,5)6)76(56-33-27-48(2)28-34-56)58-36-30-50-18-14-16-24-54(50)42-58/h7-46H,1-6H3. The van der Waals surface area contributed by atoms with E-state index in [4.69, 9.17) is 0 Å². The van der Waals surface area contributed by atoms with E-state index in [0.29, 0.717) is 0 Å². The van der Waals surface area contributed by atoms with Gasteiger partial charge in [-0.05, 0) is 198 Å². The van der Waals surface area contributed by atoms with Gasteiger partial charge in [0.25, 0.3) is 0 Å². The summed E-state index contributed by atoms with van der Waals surface area (Å²) >= 11 is 0. The molecule has 2 aliphatic carbocycles. The molecule has 0 saturated carbocycles. The Labute approximate surface area is 446 Å². The maximum atomic E-state index is 2.58. The molecule has 14 rings (SSSR count). The fourth-order valence-corrected chi connectivity index (χ4v) is 12.9. The van der Waals surface area contributed by atoms with Crippen LogP contribution in [0.2, 0.25) is 0 Å². The van der Waals surface area contributed by atoms with Crippen molar-refractivity contribution in [2.45, 2.75) is 52.4 Å². The number of anilines is 6. The van der Waals surface area contributed by atoms with E-state index in [0.717, 1.165) is 34.1 Å². The summed E-state index contributed by atoms with van der Waals surface area (Å²) in [4.78, 5) is 4.87. The molecule has 0 aromatic heterocycles. The zero-order chi connectivity index (χ0) is 51.5. The monoisotopic (exact) mass is 974 g/mol. The molecule has 0 bridgehead atoms. The Morgan fingerprint density at radius 3 is 0.987 bits per heavy atom. The summed E-state index contributed by atoms with van der Waals surface area (Å²) in [6, 6.07) is 91.0. The van der Waals surface area contributed by atoms with Crippen molar-refractivity contribution in [1.82, 2.24) is 0 Å². The molecule has 12 aromatic rings. The third-order valence-corrected chi connectivity index (χ3v) is 16.9. The van der Waals surface area contributed by atoms with E-state index in [9.17, 15) is 0 Å². The average molecular weight is 975 g/mol. The van der Waals surface area contributed by atoms with E-state index in [-0.39, 0.29) is 10.8 Å². The number of rotatable bonds is 8. The Balaban J connectivity index is 0.993. The zero-order valence-corrected chi connectivity index (χ0v) is 44.0. The summed E-state index contributed by atoms with van der Waals surface area (Å²) in [6.45, 7) is 14.1. The molecule has 0 N–H and O–H groups in total. The number of aryl methyl sites for hydroxylation is 2. The molecule has 364 valence electrons. The van der Waals surface area contributed by atoms with Gasteiger partial charge < -0.3 is 9.80 Å². The normalized spacial score (nSPS) is 13.6. The predicted molar refractivity (Wildman–Crippen MR) is 324 cm³/mol. The van der Waals surface area contributed by atoms with E-state index >= 15 is 0 Å². The maximum Gasteiger partial charge on any atom is 0.0468 e. The summed E-state index contributed by atoms with van der Waals surface area (Å²) in [5.41, 5.74) is 24.4. The molecule has 2 heteroatoms. The number of hydrogen-bond donors (Lipinski definition) is 0. The van der Waals surface area contributed by atoms with Crippen LogP contribution in [0.15, 0.2) is 243 Å². The van der Waals surface area contributed by atoms with Gasteiger partial charge >= 0.3 is 0 Å². The van der Waals surface area contributed by atoms with Crippen LogP contribution in [-0.4, -0.2) is 0 Å². The van der Waals surface area contributed by atoms with Crippen LogP contribution in [-0.2, 0) is 10.8 Å². The first-order valence-electron chi connectivity index (χ1n) is 26.8. The van der Waals surface area contributed by atoms with Crippen molar-refractivity contribution in [1.29, 1.82) is 0 Å². The number of benzene rings is 12. The minimum absolute atomic E-state index is 0.331. The van der Waals surface area contributed by atoms with Crippen molar-refractivity contribution in [2.24, 2.45) is 0 Å². The molecular weight excluding hydrogens is 917 g/mol. The van der Waals surface area contributed by atoms with Crippen LogP contribution in [0.3, 0.4) is 0 Å². The highest BCUT2D eigenvalue weighted by Crippen LogP contribution is 2.61. The maximum absolute atomic E-state index is 2.58. The van der Waals surface area contributed by atoms with Crippen molar-refractivity contribution in [2.75, 3.05) is 9.80 Å². The molecule has 0 unspecified atom stereocenters. The molecule has 0 aliphatic heterocycles. The number of hydrogen-bond acceptors (Lipinski definition) is 2. The lowest BCUT2D eigenvalue weighted by atomic mass is 9.76. The number of fused-ring (bicyclic) bond motifs is 9. The van der Waals surface area contributed by atoms with Crippen LogP contribution in [0.25, 0.3) is 76.8 Å². The van der Waals surface area contributed by atoms with Crippen molar-refractivity contribution < 1.29 is 0 Å². The van der Waals surface area contributed by atoms with Crippen LogP contribution in [0.4, 0.5) is 34.1 Å². The fourth-order valence-electron chi connectivity index (χ4n) is 12.9. The van der Waals surface area contributed by atoms with Crippen molar-refractivity contribution in [3.05, 3.63) is 276 Å². The second kappa shape index (κ2) is 17.3. The summed E-state index contributed by atoms with van der Waals surface area (Å²) in [5.74, 6) is 0. The first-order chi connectivity index (χ1) is 37.0.